The van der Waals surface area contributed by atoms with Gasteiger partial charge in [0.25, 0.3) is 0 Å². The van der Waals surface area contributed by atoms with Crippen molar-refractivity contribution in [3.05, 3.63) is 12.4 Å². The van der Waals surface area contributed by atoms with Gasteiger partial charge in [0.15, 0.2) is 0 Å². The maximum absolute atomic E-state index is 4.48. The molecule has 1 atom stereocenters. The van der Waals surface area contributed by atoms with Crippen molar-refractivity contribution in [2.75, 3.05) is 32.0 Å². The lowest BCUT2D eigenvalue weighted by molar-refractivity contribution is 0.398. The van der Waals surface area contributed by atoms with Crippen molar-refractivity contribution in [3.8, 4) is 0 Å². The van der Waals surface area contributed by atoms with Gasteiger partial charge in [-0.3, -0.25) is 0 Å². The van der Waals surface area contributed by atoms with Crippen LogP contribution in [0.1, 0.15) is 38.1 Å². The molecule has 1 aromatic rings. The second-order valence-electron chi connectivity index (χ2n) is 5.89. The lowest BCUT2D eigenvalue weighted by Gasteiger charge is -2.17. The third kappa shape index (κ3) is 2.53. The van der Waals surface area contributed by atoms with Crippen LogP contribution in [0.15, 0.2) is 12.4 Å². The first-order valence-electron chi connectivity index (χ1n) is 7.28. The summed E-state index contributed by atoms with van der Waals surface area (Å²) in [6, 6.07) is 0.682. The molecule has 3 rings (SSSR count). The summed E-state index contributed by atoms with van der Waals surface area (Å²) in [5.74, 6) is 1.86. The molecule has 0 spiro atoms. The normalized spacial score (nSPS) is 25.9. The fraction of sp³-hybridized carbons (Fsp3) is 0.786. The Kier molecular flexibility index (Phi) is 3.55. The van der Waals surface area contributed by atoms with Gasteiger partial charge in [-0.25, -0.2) is 4.98 Å². The molecule has 1 saturated carbocycles. The van der Waals surface area contributed by atoms with Crippen LogP contribution in [0, 0.1) is 5.92 Å². The number of nitrogens with zero attached hydrogens (tertiary/aromatic N) is 3. The lowest BCUT2D eigenvalue weighted by atomic mass is 10.1. The summed E-state index contributed by atoms with van der Waals surface area (Å²) in [7, 11) is 2.21. The molecule has 4 nitrogen and oxygen atoms in total. The average Bonchev–Trinajstić information content (AvgIpc) is 3.07. The quantitative estimate of drug-likeness (QED) is 0.888. The summed E-state index contributed by atoms with van der Waals surface area (Å²) >= 11 is 0. The van der Waals surface area contributed by atoms with Crippen LogP contribution in [-0.4, -0.2) is 41.1 Å². The van der Waals surface area contributed by atoms with Crippen molar-refractivity contribution in [1.29, 1.82) is 0 Å². The Labute approximate surface area is 109 Å². The first-order valence-corrected chi connectivity index (χ1v) is 7.28. The Morgan fingerprint density at radius 3 is 2.89 bits per heavy atom. The van der Waals surface area contributed by atoms with Gasteiger partial charge in [0.1, 0.15) is 0 Å². The number of likely N-dealkylation sites (tertiary alicyclic amines) is 1. The highest BCUT2D eigenvalue weighted by molar-refractivity contribution is 5.27. The van der Waals surface area contributed by atoms with E-state index in [1.807, 2.05) is 6.20 Å². The fourth-order valence-electron chi connectivity index (χ4n) is 3.36. The van der Waals surface area contributed by atoms with Crippen LogP contribution in [0.3, 0.4) is 0 Å². The molecule has 0 radical (unpaired) electrons. The van der Waals surface area contributed by atoms with E-state index in [0.717, 1.165) is 18.4 Å². The minimum absolute atomic E-state index is 0.682. The van der Waals surface area contributed by atoms with E-state index in [1.165, 1.54) is 45.2 Å². The summed E-state index contributed by atoms with van der Waals surface area (Å²) < 4.78 is 2.35. The highest BCUT2D eigenvalue weighted by Crippen LogP contribution is 2.31. The summed E-state index contributed by atoms with van der Waals surface area (Å²) in [5.41, 5.74) is 0. The molecule has 1 unspecified atom stereocenters. The zero-order chi connectivity index (χ0) is 12.4. The number of hydrogen-bond acceptors (Lipinski definition) is 3. The highest BCUT2D eigenvalue weighted by Gasteiger charge is 2.22. The maximum Gasteiger partial charge on any atom is 0.203 e. The van der Waals surface area contributed by atoms with E-state index in [4.69, 9.17) is 0 Å². The van der Waals surface area contributed by atoms with Gasteiger partial charge in [0.2, 0.25) is 5.95 Å². The van der Waals surface area contributed by atoms with Crippen molar-refractivity contribution in [1.82, 2.24) is 14.5 Å². The Morgan fingerprint density at radius 1 is 1.33 bits per heavy atom. The monoisotopic (exact) mass is 248 g/mol. The van der Waals surface area contributed by atoms with E-state index in [1.54, 1.807) is 0 Å². The molecule has 1 N–H and O–H groups in total. The van der Waals surface area contributed by atoms with Crippen LogP contribution in [0.2, 0.25) is 0 Å². The molecule has 2 heterocycles. The van der Waals surface area contributed by atoms with E-state index < -0.39 is 0 Å². The minimum Gasteiger partial charge on any atom is -0.355 e. The van der Waals surface area contributed by atoms with Crippen LogP contribution >= 0.6 is 0 Å². The van der Waals surface area contributed by atoms with Gasteiger partial charge in [0, 0.05) is 31.5 Å². The molecule has 1 saturated heterocycles. The average molecular weight is 248 g/mol. The van der Waals surface area contributed by atoms with Gasteiger partial charge < -0.3 is 14.8 Å². The number of imidazole rings is 1. The van der Waals surface area contributed by atoms with Gasteiger partial charge in [-0.15, -0.1) is 0 Å². The van der Waals surface area contributed by atoms with Crippen LogP contribution in [0.4, 0.5) is 5.95 Å². The zero-order valence-corrected chi connectivity index (χ0v) is 11.3. The molecule has 0 bridgehead atoms. The number of rotatable bonds is 4. The fourth-order valence-corrected chi connectivity index (χ4v) is 3.36. The number of hydrogen-bond donors (Lipinski definition) is 1. The Balaban J connectivity index is 1.57. The van der Waals surface area contributed by atoms with Gasteiger partial charge in [-0.2, -0.15) is 0 Å². The van der Waals surface area contributed by atoms with Gasteiger partial charge in [0.05, 0.1) is 0 Å². The summed E-state index contributed by atoms with van der Waals surface area (Å²) in [6.07, 6.45) is 10.8. The molecule has 2 aliphatic rings. The molecule has 18 heavy (non-hydrogen) atoms. The third-order valence-electron chi connectivity index (χ3n) is 4.42. The second-order valence-corrected chi connectivity index (χ2v) is 5.89. The maximum atomic E-state index is 4.48. The summed E-state index contributed by atoms with van der Waals surface area (Å²) in [4.78, 5) is 6.89. The van der Waals surface area contributed by atoms with Crippen molar-refractivity contribution >= 4 is 5.95 Å². The van der Waals surface area contributed by atoms with Gasteiger partial charge in [-0.1, -0.05) is 12.8 Å². The SMILES string of the molecule is CN1CCC(CNc2nccn2C2CCCC2)C1. The molecule has 1 aromatic heterocycles. The van der Waals surface area contributed by atoms with E-state index >= 15 is 0 Å². The molecule has 0 amide bonds. The highest BCUT2D eigenvalue weighted by atomic mass is 15.2. The summed E-state index contributed by atoms with van der Waals surface area (Å²) in [6.45, 7) is 3.52. The molecule has 2 fully saturated rings. The van der Waals surface area contributed by atoms with Crippen molar-refractivity contribution in [3.63, 3.8) is 0 Å². The predicted molar refractivity (Wildman–Crippen MR) is 73.8 cm³/mol. The van der Waals surface area contributed by atoms with E-state index in [-0.39, 0.29) is 0 Å². The molecule has 1 aliphatic heterocycles. The first-order chi connectivity index (χ1) is 8.83. The third-order valence-corrected chi connectivity index (χ3v) is 4.42. The van der Waals surface area contributed by atoms with E-state index in [0.29, 0.717) is 6.04 Å². The van der Waals surface area contributed by atoms with E-state index in [9.17, 15) is 0 Å². The van der Waals surface area contributed by atoms with Crippen molar-refractivity contribution in [2.24, 2.45) is 5.92 Å². The van der Waals surface area contributed by atoms with E-state index in [2.05, 4.69) is 33.0 Å². The van der Waals surface area contributed by atoms with Crippen molar-refractivity contribution in [2.45, 2.75) is 38.1 Å². The standard InChI is InChI=1S/C14H24N4/c1-17-8-6-12(11-17)10-16-14-15-7-9-18(14)13-4-2-3-5-13/h7,9,12-13H,2-6,8,10-11H2,1H3,(H,15,16). The van der Waals surface area contributed by atoms with Gasteiger partial charge >= 0.3 is 0 Å². The second kappa shape index (κ2) is 5.31. The molecular formula is C14H24N4. The number of nitrogens with one attached hydrogen (secondary N) is 1. The lowest BCUT2D eigenvalue weighted by Crippen LogP contribution is -2.21. The van der Waals surface area contributed by atoms with Crippen LogP contribution in [0.5, 0.6) is 0 Å². The number of aromatic nitrogens is 2. The first kappa shape index (κ1) is 12.0. The molecule has 4 heteroatoms. The van der Waals surface area contributed by atoms with Gasteiger partial charge in [-0.05, 0) is 38.8 Å². The van der Waals surface area contributed by atoms with Crippen molar-refractivity contribution < 1.29 is 0 Å². The smallest absolute Gasteiger partial charge is 0.203 e. The summed E-state index contributed by atoms with van der Waals surface area (Å²) in [5, 5.41) is 3.56. The Morgan fingerprint density at radius 2 is 2.17 bits per heavy atom. The van der Waals surface area contributed by atoms with Crippen LogP contribution < -0.4 is 5.32 Å². The number of anilines is 1. The van der Waals surface area contributed by atoms with Crippen LogP contribution in [-0.2, 0) is 0 Å². The topological polar surface area (TPSA) is 33.1 Å². The Hall–Kier alpha value is -1.03. The minimum atomic E-state index is 0.682. The molecule has 1 aliphatic carbocycles. The molecular weight excluding hydrogens is 224 g/mol. The zero-order valence-electron chi connectivity index (χ0n) is 11.3. The Bertz CT molecular complexity index is 381. The molecule has 0 aromatic carbocycles. The molecule has 100 valence electrons. The van der Waals surface area contributed by atoms with Crippen LogP contribution in [0.25, 0.3) is 0 Å². The predicted octanol–water partition coefficient (Wildman–Crippen LogP) is 2.36. The largest absolute Gasteiger partial charge is 0.355 e.